The first kappa shape index (κ1) is 19.4. The quantitative estimate of drug-likeness (QED) is 0.717. The van der Waals surface area contributed by atoms with Crippen LogP contribution in [0.25, 0.3) is 10.9 Å². The summed E-state index contributed by atoms with van der Waals surface area (Å²) in [5.41, 5.74) is 3.47. The molecule has 0 aliphatic rings. The number of rotatable bonds is 5. The van der Waals surface area contributed by atoms with E-state index in [-0.39, 0.29) is 17.4 Å². The lowest BCUT2D eigenvalue weighted by atomic mass is 10.1. The van der Waals surface area contributed by atoms with Gasteiger partial charge in [0.2, 0.25) is 5.91 Å². The standard InChI is InChI=1S/C22H23N3O3/c1-14-12-17-9-10-18(13-19(17)24-21(14)27)23-20(26)11-6-15-4-7-16(8-5-15)22(28)25(2)3/h4-5,7-10,12-13H,6,11H2,1-3H3,(H,23,26)(H,24,27). The molecule has 3 aromatic rings. The van der Waals surface area contributed by atoms with Crippen molar-refractivity contribution in [3.05, 3.63) is 75.6 Å². The van der Waals surface area contributed by atoms with E-state index in [4.69, 9.17) is 0 Å². The first-order valence-electron chi connectivity index (χ1n) is 9.07. The first-order valence-corrected chi connectivity index (χ1v) is 9.07. The number of carbonyl (C=O) groups is 2. The van der Waals surface area contributed by atoms with Gasteiger partial charge in [0.15, 0.2) is 0 Å². The number of pyridine rings is 1. The first-order chi connectivity index (χ1) is 13.3. The van der Waals surface area contributed by atoms with E-state index in [1.807, 2.05) is 30.3 Å². The van der Waals surface area contributed by atoms with E-state index in [0.29, 0.717) is 35.2 Å². The average Bonchev–Trinajstić information content (AvgIpc) is 2.67. The van der Waals surface area contributed by atoms with Crippen molar-refractivity contribution in [3.8, 4) is 0 Å². The maximum atomic E-state index is 12.3. The van der Waals surface area contributed by atoms with Gasteiger partial charge in [0.05, 0.1) is 5.52 Å². The molecule has 6 heteroatoms. The lowest BCUT2D eigenvalue weighted by molar-refractivity contribution is -0.116. The summed E-state index contributed by atoms with van der Waals surface area (Å²) in [5.74, 6) is -0.156. The number of hydrogen-bond donors (Lipinski definition) is 2. The van der Waals surface area contributed by atoms with Crippen molar-refractivity contribution in [2.24, 2.45) is 0 Å². The fourth-order valence-corrected chi connectivity index (χ4v) is 2.94. The number of anilines is 1. The van der Waals surface area contributed by atoms with Gasteiger partial charge in [-0.1, -0.05) is 18.2 Å². The van der Waals surface area contributed by atoms with Gasteiger partial charge in [-0.3, -0.25) is 14.4 Å². The Balaban J connectivity index is 1.61. The Hall–Kier alpha value is -3.41. The van der Waals surface area contributed by atoms with E-state index >= 15 is 0 Å². The SMILES string of the molecule is Cc1cc2ccc(NC(=O)CCc3ccc(C(=O)N(C)C)cc3)cc2[nH]c1=O. The van der Waals surface area contributed by atoms with Crippen molar-refractivity contribution in [1.82, 2.24) is 9.88 Å². The van der Waals surface area contributed by atoms with Crippen molar-refractivity contribution >= 4 is 28.4 Å². The van der Waals surface area contributed by atoms with E-state index in [1.54, 1.807) is 39.2 Å². The van der Waals surface area contributed by atoms with Crippen LogP contribution in [0.4, 0.5) is 5.69 Å². The molecule has 2 amide bonds. The van der Waals surface area contributed by atoms with Crippen molar-refractivity contribution in [2.75, 3.05) is 19.4 Å². The maximum absolute atomic E-state index is 12.3. The molecule has 0 fully saturated rings. The van der Waals surface area contributed by atoms with Gasteiger partial charge in [-0.25, -0.2) is 0 Å². The van der Waals surface area contributed by atoms with E-state index < -0.39 is 0 Å². The zero-order valence-electron chi connectivity index (χ0n) is 16.2. The molecule has 2 aromatic carbocycles. The van der Waals surface area contributed by atoms with Gasteiger partial charge in [-0.05, 0) is 54.6 Å². The molecular formula is C22H23N3O3. The molecule has 0 spiro atoms. The third kappa shape index (κ3) is 4.46. The molecule has 3 rings (SSSR count). The van der Waals surface area contributed by atoms with Gasteiger partial charge >= 0.3 is 0 Å². The lowest BCUT2D eigenvalue weighted by Crippen LogP contribution is -2.21. The van der Waals surface area contributed by atoms with Crippen LogP contribution in [-0.2, 0) is 11.2 Å². The summed E-state index contributed by atoms with van der Waals surface area (Å²) in [5, 5.41) is 3.78. The number of hydrogen-bond acceptors (Lipinski definition) is 3. The zero-order chi connectivity index (χ0) is 20.3. The van der Waals surface area contributed by atoms with Gasteiger partial charge in [-0.2, -0.15) is 0 Å². The highest BCUT2D eigenvalue weighted by molar-refractivity contribution is 5.94. The van der Waals surface area contributed by atoms with Gasteiger partial charge in [0.1, 0.15) is 0 Å². The van der Waals surface area contributed by atoms with Crippen LogP contribution in [0, 0.1) is 6.92 Å². The number of benzene rings is 2. The van der Waals surface area contributed by atoms with E-state index in [9.17, 15) is 14.4 Å². The summed E-state index contributed by atoms with van der Waals surface area (Å²) in [6, 6.07) is 14.6. The summed E-state index contributed by atoms with van der Waals surface area (Å²) in [6.07, 6.45) is 0.898. The Kier molecular flexibility index (Phi) is 5.59. The number of carbonyl (C=O) groups excluding carboxylic acids is 2. The third-order valence-corrected chi connectivity index (χ3v) is 4.56. The monoisotopic (exact) mass is 377 g/mol. The van der Waals surface area contributed by atoms with Crippen molar-refractivity contribution in [3.63, 3.8) is 0 Å². The number of H-pyrrole nitrogens is 1. The highest BCUT2D eigenvalue weighted by atomic mass is 16.2. The lowest BCUT2D eigenvalue weighted by Gasteiger charge is -2.10. The minimum atomic E-state index is -0.132. The van der Waals surface area contributed by atoms with Crippen LogP contribution in [0.1, 0.15) is 27.9 Å². The molecule has 0 unspecified atom stereocenters. The van der Waals surface area contributed by atoms with Crippen molar-refractivity contribution in [1.29, 1.82) is 0 Å². The molecule has 0 aliphatic heterocycles. The topological polar surface area (TPSA) is 82.3 Å². The van der Waals surface area contributed by atoms with Crippen LogP contribution in [0.3, 0.4) is 0 Å². The molecule has 0 radical (unpaired) electrons. The van der Waals surface area contributed by atoms with Crippen LogP contribution in [0.5, 0.6) is 0 Å². The number of aromatic nitrogens is 1. The molecule has 28 heavy (non-hydrogen) atoms. The predicted octanol–water partition coefficient (Wildman–Crippen LogP) is 3.11. The van der Waals surface area contributed by atoms with Gasteiger partial charge in [-0.15, -0.1) is 0 Å². The van der Waals surface area contributed by atoms with Crippen LogP contribution in [0.15, 0.2) is 53.3 Å². The van der Waals surface area contributed by atoms with Crippen molar-refractivity contribution in [2.45, 2.75) is 19.8 Å². The highest BCUT2D eigenvalue weighted by Crippen LogP contribution is 2.17. The second-order valence-corrected chi connectivity index (χ2v) is 7.03. The Morgan fingerprint density at radius 2 is 1.75 bits per heavy atom. The van der Waals surface area contributed by atoms with E-state index in [1.165, 1.54) is 4.90 Å². The minimum absolute atomic E-state index is 0.0474. The second-order valence-electron chi connectivity index (χ2n) is 7.03. The number of fused-ring (bicyclic) bond motifs is 1. The van der Waals surface area contributed by atoms with Crippen LogP contribution >= 0.6 is 0 Å². The second kappa shape index (κ2) is 8.08. The molecule has 0 saturated carbocycles. The number of aryl methyl sites for hydroxylation is 2. The molecule has 2 N–H and O–H groups in total. The Labute approximate surface area is 163 Å². The molecule has 0 bridgehead atoms. The zero-order valence-corrected chi connectivity index (χ0v) is 16.2. The molecule has 0 aliphatic carbocycles. The van der Waals surface area contributed by atoms with Crippen LogP contribution < -0.4 is 10.9 Å². The number of aromatic amines is 1. The third-order valence-electron chi connectivity index (χ3n) is 4.56. The smallest absolute Gasteiger partial charge is 0.253 e. The molecule has 0 atom stereocenters. The predicted molar refractivity (Wildman–Crippen MR) is 111 cm³/mol. The van der Waals surface area contributed by atoms with E-state index in [0.717, 1.165) is 10.9 Å². The fourth-order valence-electron chi connectivity index (χ4n) is 2.94. The van der Waals surface area contributed by atoms with Gasteiger partial charge < -0.3 is 15.2 Å². The number of nitrogens with one attached hydrogen (secondary N) is 2. The minimum Gasteiger partial charge on any atom is -0.345 e. The highest BCUT2D eigenvalue weighted by Gasteiger charge is 2.09. The van der Waals surface area contributed by atoms with Crippen LogP contribution in [-0.4, -0.2) is 35.8 Å². The molecule has 144 valence electrons. The molecule has 1 aromatic heterocycles. The summed E-state index contributed by atoms with van der Waals surface area (Å²) in [4.78, 5) is 40.3. The molecular weight excluding hydrogens is 354 g/mol. The molecule has 6 nitrogen and oxygen atoms in total. The summed E-state index contributed by atoms with van der Waals surface area (Å²) in [7, 11) is 3.42. The summed E-state index contributed by atoms with van der Waals surface area (Å²) < 4.78 is 0. The molecule has 0 saturated heterocycles. The Morgan fingerprint density at radius 3 is 2.43 bits per heavy atom. The van der Waals surface area contributed by atoms with Gasteiger partial charge in [0.25, 0.3) is 11.5 Å². The summed E-state index contributed by atoms with van der Waals surface area (Å²) in [6.45, 7) is 1.76. The fraction of sp³-hybridized carbons (Fsp3) is 0.227. The normalized spacial score (nSPS) is 10.7. The van der Waals surface area contributed by atoms with Crippen molar-refractivity contribution < 1.29 is 9.59 Å². The van der Waals surface area contributed by atoms with Crippen LogP contribution in [0.2, 0.25) is 0 Å². The largest absolute Gasteiger partial charge is 0.345 e. The summed E-state index contributed by atoms with van der Waals surface area (Å²) >= 11 is 0. The average molecular weight is 377 g/mol. The van der Waals surface area contributed by atoms with E-state index in [2.05, 4.69) is 10.3 Å². The van der Waals surface area contributed by atoms with Gasteiger partial charge in [0, 0.05) is 37.3 Å². The Morgan fingerprint density at radius 1 is 1.04 bits per heavy atom. The molecule has 1 heterocycles. The maximum Gasteiger partial charge on any atom is 0.253 e. The number of nitrogens with zero attached hydrogens (tertiary/aromatic N) is 1. The number of amides is 2. The Bertz CT molecular complexity index is 1080.